The summed E-state index contributed by atoms with van der Waals surface area (Å²) in [6, 6.07) is 3.84. The van der Waals surface area contributed by atoms with Crippen molar-refractivity contribution in [1.29, 1.82) is 0 Å². The van der Waals surface area contributed by atoms with Crippen molar-refractivity contribution in [1.82, 2.24) is 19.8 Å². The van der Waals surface area contributed by atoms with Crippen LogP contribution in [-0.2, 0) is 22.4 Å². The van der Waals surface area contributed by atoms with Crippen LogP contribution >= 0.6 is 0 Å². The number of aryl methyl sites for hydroxylation is 1. The first-order chi connectivity index (χ1) is 15.0. The Morgan fingerprint density at radius 3 is 2.61 bits per heavy atom. The van der Waals surface area contributed by atoms with Crippen LogP contribution in [0.3, 0.4) is 0 Å². The maximum absolute atomic E-state index is 13.5. The lowest BCUT2D eigenvalue weighted by atomic mass is 10.1. The van der Waals surface area contributed by atoms with E-state index >= 15 is 0 Å². The van der Waals surface area contributed by atoms with Gasteiger partial charge in [0.15, 0.2) is 0 Å². The van der Waals surface area contributed by atoms with Gasteiger partial charge >= 0.3 is 5.97 Å². The number of hydrogen-bond donors (Lipinski definition) is 1. The van der Waals surface area contributed by atoms with E-state index in [1.54, 1.807) is 19.3 Å². The highest BCUT2D eigenvalue weighted by atomic mass is 16.5. The predicted octanol–water partition coefficient (Wildman–Crippen LogP) is 2.43. The molecule has 1 N–H and O–H groups in total. The zero-order valence-corrected chi connectivity index (χ0v) is 18.6. The smallest absolute Gasteiger partial charge is 0.339 e. The van der Waals surface area contributed by atoms with Crippen LogP contribution in [0.1, 0.15) is 51.0 Å². The number of H-pyrrole nitrogens is 1. The molecule has 1 aliphatic rings. The van der Waals surface area contributed by atoms with E-state index in [1.807, 2.05) is 24.0 Å². The van der Waals surface area contributed by atoms with Gasteiger partial charge in [-0.2, -0.15) is 0 Å². The molecule has 0 aromatic carbocycles. The molecule has 168 valence electrons. The lowest BCUT2D eigenvalue weighted by Gasteiger charge is -2.28. The van der Waals surface area contributed by atoms with Crippen LogP contribution < -0.4 is 0 Å². The number of hydrogen-bond acceptors (Lipinski definition) is 6. The van der Waals surface area contributed by atoms with Crippen molar-refractivity contribution in [2.24, 2.45) is 0 Å². The first kappa shape index (κ1) is 23.0. The normalized spacial score (nSPS) is 14.4. The largest absolute Gasteiger partial charge is 0.465 e. The molecule has 1 amide bonds. The average Bonchev–Trinajstić information content (AvgIpc) is 3.15. The Morgan fingerprint density at radius 1 is 1.26 bits per heavy atom. The number of esters is 1. The molecule has 0 aliphatic carbocycles. The number of morpholine rings is 1. The van der Waals surface area contributed by atoms with E-state index < -0.39 is 5.97 Å². The minimum absolute atomic E-state index is 0.110. The number of carbonyl (C=O) groups is 2. The van der Waals surface area contributed by atoms with E-state index in [0.717, 1.165) is 50.5 Å². The summed E-state index contributed by atoms with van der Waals surface area (Å²) in [5.74, 6) is -0.529. The van der Waals surface area contributed by atoms with Crippen molar-refractivity contribution in [3.05, 3.63) is 52.6 Å². The Balaban J connectivity index is 1.79. The fraction of sp³-hybridized carbons (Fsp3) is 0.522. The van der Waals surface area contributed by atoms with Gasteiger partial charge < -0.3 is 19.4 Å². The molecule has 8 nitrogen and oxygen atoms in total. The van der Waals surface area contributed by atoms with Gasteiger partial charge in [0.2, 0.25) is 0 Å². The zero-order valence-electron chi connectivity index (χ0n) is 18.6. The van der Waals surface area contributed by atoms with Gasteiger partial charge in [-0.25, -0.2) is 4.79 Å². The van der Waals surface area contributed by atoms with E-state index in [2.05, 4.69) is 14.9 Å². The summed E-state index contributed by atoms with van der Waals surface area (Å²) >= 11 is 0. The number of carbonyl (C=O) groups excluding carboxylic acids is 2. The lowest BCUT2D eigenvalue weighted by molar-refractivity contribution is 0.0355. The molecule has 0 atom stereocenters. The van der Waals surface area contributed by atoms with Gasteiger partial charge in [-0.3, -0.25) is 14.7 Å². The number of amides is 1. The topological polar surface area (TPSA) is 87.8 Å². The van der Waals surface area contributed by atoms with E-state index in [9.17, 15) is 9.59 Å². The molecule has 8 heteroatoms. The third-order valence-corrected chi connectivity index (χ3v) is 5.70. The highest BCUT2D eigenvalue weighted by Crippen LogP contribution is 2.22. The van der Waals surface area contributed by atoms with Crippen LogP contribution in [0, 0.1) is 6.92 Å². The first-order valence-corrected chi connectivity index (χ1v) is 10.8. The Hall–Kier alpha value is -2.71. The summed E-state index contributed by atoms with van der Waals surface area (Å²) < 4.78 is 10.3. The van der Waals surface area contributed by atoms with E-state index in [4.69, 9.17) is 9.47 Å². The van der Waals surface area contributed by atoms with Gasteiger partial charge in [0.05, 0.1) is 25.9 Å². The predicted molar refractivity (Wildman–Crippen MR) is 117 cm³/mol. The molecule has 0 spiro atoms. The van der Waals surface area contributed by atoms with Gasteiger partial charge in [0.1, 0.15) is 5.69 Å². The maximum Gasteiger partial charge on any atom is 0.339 e. The van der Waals surface area contributed by atoms with Crippen molar-refractivity contribution in [3.8, 4) is 0 Å². The molecule has 1 aliphatic heterocycles. The third-order valence-electron chi connectivity index (χ3n) is 5.70. The lowest BCUT2D eigenvalue weighted by Crippen LogP contribution is -2.39. The standard InChI is InChI=1S/C23H32N4O4/c1-4-19-20(23(29)30-3)17(2)21(25-19)22(28)27(16-18-6-8-24-9-7-18)11-5-10-26-12-14-31-15-13-26/h6-9,25H,4-5,10-16H2,1-3H3. The Morgan fingerprint density at radius 2 is 1.97 bits per heavy atom. The monoisotopic (exact) mass is 428 g/mol. The summed E-state index contributed by atoms with van der Waals surface area (Å²) in [6.07, 6.45) is 4.94. The number of pyridine rings is 1. The minimum atomic E-state index is -0.419. The SMILES string of the molecule is CCc1[nH]c(C(=O)N(CCCN2CCOCC2)Cc2ccncc2)c(C)c1C(=O)OC. The molecule has 3 heterocycles. The van der Waals surface area contributed by atoms with Crippen LogP contribution in [0.15, 0.2) is 24.5 Å². The first-order valence-electron chi connectivity index (χ1n) is 10.8. The molecule has 0 bridgehead atoms. The van der Waals surface area contributed by atoms with Gasteiger partial charge in [0, 0.05) is 50.8 Å². The van der Waals surface area contributed by atoms with Gasteiger partial charge in [-0.15, -0.1) is 0 Å². The molecular formula is C23H32N4O4. The van der Waals surface area contributed by atoms with Crippen LogP contribution in [0.25, 0.3) is 0 Å². The summed E-state index contributed by atoms with van der Waals surface area (Å²) in [6.45, 7) is 9.14. The molecule has 31 heavy (non-hydrogen) atoms. The quantitative estimate of drug-likeness (QED) is 0.617. The van der Waals surface area contributed by atoms with Crippen LogP contribution in [-0.4, -0.2) is 78.1 Å². The van der Waals surface area contributed by atoms with E-state index in [-0.39, 0.29) is 5.91 Å². The molecule has 1 fully saturated rings. The number of aromatic amines is 1. The molecule has 3 rings (SSSR count). The molecule has 1 saturated heterocycles. The zero-order chi connectivity index (χ0) is 22.2. The van der Waals surface area contributed by atoms with E-state index in [1.165, 1.54) is 7.11 Å². The second-order valence-electron chi connectivity index (χ2n) is 7.71. The summed E-state index contributed by atoms with van der Waals surface area (Å²) in [7, 11) is 1.36. The second kappa shape index (κ2) is 11.1. The minimum Gasteiger partial charge on any atom is -0.465 e. The fourth-order valence-corrected chi connectivity index (χ4v) is 3.94. The Bertz CT molecular complexity index is 875. The van der Waals surface area contributed by atoms with Crippen molar-refractivity contribution in [2.45, 2.75) is 33.2 Å². The second-order valence-corrected chi connectivity index (χ2v) is 7.71. The number of aromatic nitrogens is 2. The van der Waals surface area contributed by atoms with Crippen LogP contribution in [0.2, 0.25) is 0 Å². The van der Waals surface area contributed by atoms with Crippen molar-refractivity contribution >= 4 is 11.9 Å². The molecule has 0 unspecified atom stereocenters. The van der Waals surface area contributed by atoms with Crippen molar-refractivity contribution < 1.29 is 19.1 Å². The van der Waals surface area contributed by atoms with Crippen molar-refractivity contribution in [3.63, 3.8) is 0 Å². The number of methoxy groups -OCH3 is 1. The Labute approximate surface area is 183 Å². The summed E-state index contributed by atoms with van der Waals surface area (Å²) in [5.41, 5.74) is 3.30. The van der Waals surface area contributed by atoms with E-state index in [0.29, 0.717) is 36.3 Å². The number of rotatable bonds is 9. The third kappa shape index (κ3) is 5.71. The Kier molecular flexibility index (Phi) is 8.20. The highest BCUT2D eigenvalue weighted by molar-refractivity contribution is 6.00. The van der Waals surface area contributed by atoms with Crippen molar-refractivity contribution in [2.75, 3.05) is 46.5 Å². The summed E-state index contributed by atoms with van der Waals surface area (Å²) in [4.78, 5) is 37.3. The van der Waals surface area contributed by atoms with Gasteiger partial charge in [-0.1, -0.05) is 6.92 Å². The molecule has 2 aromatic rings. The van der Waals surface area contributed by atoms with Crippen LogP contribution in [0.5, 0.6) is 0 Å². The average molecular weight is 429 g/mol. The number of ether oxygens (including phenoxy) is 2. The molecule has 0 radical (unpaired) electrons. The van der Waals surface area contributed by atoms with Crippen LogP contribution in [0.4, 0.5) is 0 Å². The summed E-state index contributed by atoms with van der Waals surface area (Å²) in [5, 5.41) is 0. The number of nitrogens with zero attached hydrogens (tertiary/aromatic N) is 3. The fourth-order valence-electron chi connectivity index (χ4n) is 3.94. The molecule has 0 saturated carbocycles. The van der Waals surface area contributed by atoms with Gasteiger partial charge in [-0.05, 0) is 43.0 Å². The molecule has 2 aromatic heterocycles. The van der Waals surface area contributed by atoms with Gasteiger partial charge in [0.25, 0.3) is 5.91 Å². The highest BCUT2D eigenvalue weighted by Gasteiger charge is 2.26. The molecular weight excluding hydrogens is 396 g/mol. The number of nitrogens with one attached hydrogen (secondary N) is 1. The maximum atomic E-state index is 13.5.